The van der Waals surface area contributed by atoms with E-state index in [2.05, 4.69) is 9.98 Å². The summed E-state index contributed by atoms with van der Waals surface area (Å²) < 4.78 is 0. The van der Waals surface area contributed by atoms with Gasteiger partial charge in [-0.25, -0.2) is 14.8 Å². The van der Waals surface area contributed by atoms with Crippen molar-refractivity contribution in [3.63, 3.8) is 0 Å². The topological polar surface area (TPSA) is 67.8 Å². The van der Waals surface area contributed by atoms with Crippen molar-refractivity contribution in [2.45, 2.75) is 0 Å². The summed E-state index contributed by atoms with van der Waals surface area (Å²) in [5.41, 5.74) is 6.12. The number of nitrogens with zero attached hydrogens (tertiary/aromatic N) is 2. The molecule has 4 heteroatoms. The highest BCUT2D eigenvalue weighted by atomic mass is 16.1. The van der Waals surface area contributed by atoms with E-state index >= 15 is 0 Å². The van der Waals surface area contributed by atoms with Gasteiger partial charge < -0.3 is 5.73 Å². The molecule has 0 unspecified atom stereocenters. The minimum Gasteiger partial charge on any atom is -0.397 e. The van der Waals surface area contributed by atoms with Crippen LogP contribution in [-0.2, 0) is 4.79 Å². The normalized spacial score (nSPS) is 12.8. The summed E-state index contributed by atoms with van der Waals surface area (Å²) in [7, 11) is 0. The fraction of sp³-hybridized carbons (Fsp3) is 0. The van der Waals surface area contributed by atoms with Crippen molar-refractivity contribution in [1.82, 2.24) is 0 Å². The summed E-state index contributed by atoms with van der Waals surface area (Å²) in [6, 6.07) is 5.23. The largest absolute Gasteiger partial charge is 0.397 e. The molecule has 0 spiro atoms. The van der Waals surface area contributed by atoms with Crippen LogP contribution in [-0.4, -0.2) is 5.94 Å². The summed E-state index contributed by atoms with van der Waals surface area (Å²) in [6.45, 7) is 0. The van der Waals surface area contributed by atoms with Crippen molar-refractivity contribution in [3.05, 3.63) is 34.7 Å². The Labute approximate surface area is 67.8 Å². The van der Waals surface area contributed by atoms with Crippen LogP contribution < -0.4 is 16.4 Å². The first-order valence-electron chi connectivity index (χ1n) is 3.38. The quantitative estimate of drug-likeness (QED) is 0.397. The van der Waals surface area contributed by atoms with Crippen LogP contribution in [0.15, 0.2) is 34.0 Å². The van der Waals surface area contributed by atoms with Crippen molar-refractivity contribution >= 4 is 11.6 Å². The lowest BCUT2D eigenvalue weighted by molar-refractivity contribution is 0.566. The molecule has 0 atom stereocenters. The van der Waals surface area contributed by atoms with Gasteiger partial charge in [-0.3, -0.25) is 0 Å². The maximum absolute atomic E-state index is 10.2. The number of benzene rings is 1. The van der Waals surface area contributed by atoms with E-state index in [0.717, 1.165) is 0 Å². The van der Waals surface area contributed by atoms with Gasteiger partial charge in [-0.1, -0.05) is 6.07 Å². The molecule has 2 N–H and O–H groups in total. The summed E-state index contributed by atoms with van der Waals surface area (Å²) in [6.07, 6.45) is 0. The molecule has 0 bridgehead atoms. The van der Waals surface area contributed by atoms with Crippen LogP contribution in [0.4, 0.5) is 5.69 Å². The van der Waals surface area contributed by atoms with E-state index in [0.29, 0.717) is 16.4 Å². The summed E-state index contributed by atoms with van der Waals surface area (Å²) in [5, 5.41) is 1.20. The molecular formula is C8H5N3O. The second-order valence-electron chi connectivity index (χ2n) is 2.36. The first kappa shape index (κ1) is 6.76. The second-order valence-corrected chi connectivity index (χ2v) is 2.36. The van der Waals surface area contributed by atoms with Crippen molar-refractivity contribution in [2.24, 2.45) is 9.98 Å². The van der Waals surface area contributed by atoms with Crippen LogP contribution in [0.1, 0.15) is 0 Å². The van der Waals surface area contributed by atoms with Crippen molar-refractivity contribution in [1.29, 1.82) is 0 Å². The van der Waals surface area contributed by atoms with Gasteiger partial charge in [0.2, 0.25) is 5.82 Å². The zero-order valence-corrected chi connectivity index (χ0v) is 6.11. The Morgan fingerprint density at radius 1 is 1.33 bits per heavy atom. The SMILES string of the molecule is Nc1cccc2c1=NC(=C=O)N=2. The van der Waals surface area contributed by atoms with Crippen LogP contribution in [0.2, 0.25) is 0 Å². The lowest BCUT2D eigenvalue weighted by atomic mass is 10.3. The fourth-order valence-corrected chi connectivity index (χ4v) is 1.05. The molecule has 1 aromatic rings. The molecule has 12 heavy (non-hydrogen) atoms. The molecule has 2 rings (SSSR count). The Hall–Kier alpha value is -1.93. The Bertz CT molecular complexity index is 498. The molecule has 0 saturated heterocycles. The number of nitrogen functional groups attached to an aromatic ring is 1. The highest BCUT2D eigenvalue weighted by Crippen LogP contribution is 1.97. The average Bonchev–Trinajstić information content (AvgIpc) is 2.49. The van der Waals surface area contributed by atoms with Crippen LogP contribution >= 0.6 is 0 Å². The van der Waals surface area contributed by atoms with Crippen molar-refractivity contribution < 1.29 is 4.79 Å². The monoisotopic (exact) mass is 159 g/mol. The minimum atomic E-state index is 0.0582. The predicted octanol–water partition coefficient (Wildman–Crippen LogP) is -0.805. The molecule has 1 aliphatic heterocycles. The molecule has 1 aliphatic rings. The van der Waals surface area contributed by atoms with Gasteiger partial charge >= 0.3 is 0 Å². The van der Waals surface area contributed by atoms with E-state index in [4.69, 9.17) is 5.73 Å². The number of carbonyl (C=O) groups excluding carboxylic acids is 1. The van der Waals surface area contributed by atoms with Gasteiger partial charge in [0.15, 0.2) is 5.94 Å². The summed E-state index contributed by atoms with van der Waals surface area (Å²) >= 11 is 0. The molecule has 0 radical (unpaired) electrons. The minimum absolute atomic E-state index is 0.0582. The molecule has 0 amide bonds. The standard InChI is InChI=1S/C8H5N3O/c9-5-2-1-3-6-8(5)11-7(4-12)10-6/h1-3H,9H2. The van der Waals surface area contributed by atoms with Gasteiger partial charge in [0.1, 0.15) is 5.36 Å². The fourth-order valence-electron chi connectivity index (χ4n) is 1.05. The summed E-state index contributed by atoms with van der Waals surface area (Å²) in [5.74, 6) is 1.67. The van der Waals surface area contributed by atoms with Crippen LogP contribution in [0.3, 0.4) is 0 Å². The third-order valence-electron chi connectivity index (χ3n) is 1.58. The maximum atomic E-state index is 10.2. The lowest BCUT2D eigenvalue weighted by Gasteiger charge is -1.86. The zero-order chi connectivity index (χ0) is 8.55. The van der Waals surface area contributed by atoms with Gasteiger partial charge in [0.05, 0.1) is 11.0 Å². The van der Waals surface area contributed by atoms with E-state index < -0.39 is 0 Å². The number of hydrogen-bond donors (Lipinski definition) is 1. The van der Waals surface area contributed by atoms with Crippen LogP contribution in [0.5, 0.6) is 0 Å². The van der Waals surface area contributed by atoms with Gasteiger partial charge in [-0.2, -0.15) is 0 Å². The third kappa shape index (κ3) is 0.828. The Kier molecular flexibility index (Phi) is 1.29. The van der Waals surface area contributed by atoms with Crippen LogP contribution in [0, 0.1) is 0 Å². The lowest BCUT2D eigenvalue weighted by Crippen LogP contribution is -2.24. The highest BCUT2D eigenvalue weighted by molar-refractivity contribution is 5.53. The predicted molar refractivity (Wildman–Crippen MR) is 42.4 cm³/mol. The number of para-hydroxylation sites is 1. The number of nitrogens with two attached hydrogens (primary N) is 1. The zero-order valence-electron chi connectivity index (χ0n) is 6.11. The van der Waals surface area contributed by atoms with Gasteiger partial charge in [0, 0.05) is 0 Å². The molecule has 0 aliphatic carbocycles. The molecule has 0 aromatic heterocycles. The molecule has 58 valence electrons. The first-order chi connectivity index (χ1) is 5.81. The van der Waals surface area contributed by atoms with E-state index in [1.165, 1.54) is 0 Å². The smallest absolute Gasteiger partial charge is 0.240 e. The Morgan fingerprint density at radius 3 is 2.83 bits per heavy atom. The van der Waals surface area contributed by atoms with Crippen molar-refractivity contribution in [3.8, 4) is 0 Å². The molecule has 0 fully saturated rings. The molecule has 1 aromatic carbocycles. The maximum Gasteiger partial charge on any atom is 0.240 e. The second kappa shape index (κ2) is 2.29. The number of fused-ring (bicyclic) bond motifs is 1. The highest BCUT2D eigenvalue weighted by Gasteiger charge is 2.03. The number of anilines is 1. The number of hydrogen-bond acceptors (Lipinski definition) is 4. The van der Waals surface area contributed by atoms with E-state index in [1.807, 2.05) is 0 Å². The Morgan fingerprint density at radius 2 is 2.17 bits per heavy atom. The first-order valence-corrected chi connectivity index (χ1v) is 3.38. The van der Waals surface area contributed by atoms with E-state index in [-0.39, 0.29) is 5.82 Å². The number of rotatable bonds is 0. The molecular weight excluding hydrogens is 154 g/mol. The summed E-state index contributed by atoms with van der Waals surface area (Å²) in [4.78, 5) is 17.9. The van der Waals surface area contributed by atoms with E-state index in [1.54, 1.807) is 24.1 Å². The average molecular weight is 159 g/mol. The Balaban J connectivity index is 2.94. The molecule has 0 saturated carbocycles. The molecule has 1 heterocycles. The van der Waals surface area contributed by atoms with Gasteiger partial charge in [-0.15, -0.1) is 0 Å². The van der Waals surface area contributed by atoms with Crippen molar-refractivity contribution in [2.75, 3.05) is 5.73 Å². The van der Waals surface area contributed by atoms with Crippen LogP contribution in [0.25, 0.3) is 0 Å². The van der Waals surface area contributed by atoms with Gasteiger partial charge in [0.25, 0.3) is 0 Å². The molecule has 4 nitrogen and oxygen atoms in total. The van der Waals surface area contributed by atoms with E-state index in [9.17, 15) is 4.79 Å². The third-order valence-corrected chi connectivity index (χ3v) is 1.58. The van der Waals surface area contributed by atoms with Gasteiger partial charge in [-0.05, 0) is 12.1 Å².